The van der Waals surface area contributed by atoms with E-state index in [1.807, 2.05) is 19.9 Å². The molecule has 1 atom stereocenters. The van der Waals surface area contributed by atoms with Crippen molar-refractivity contribution in [3.05, 3.63) is 34.9 Å². The van der Waals surface area contributed by atoms with Gasteiger partial charge in [-0.2, -0.15) is 0 Å². The fourth-order valence-corrected chi connectivity index (χ4v) is 4.51. The lowest BCUT2D eigenvalue weighted by molar-refractivity contribution is -0.122. The van der Waals surface area contributed by atoms with Crippen LogP contribution in [0.1, 0.15) is 34.3 Å². The third-order valence-electron chi connectivity index (χ3n) is 3.60. The Hall–Kier alpha value is -1.89. The predicted octanol–water partition coefficient (Wildman–Crippen LogP) is 0.889. The fourth-order valence-electron chi connectivity index (χ4n) is 2.65. The van der Waals surface area contributed by atoms with E-state index in [4.69, 9.17) is 0 Å². The molecule has 0 saturated carbocycles. The average molecular weight is 324 g/mol. The first-order valence-corrected chi connectivity index (χ1v) is 8.95. The van der Waals surface area contributed by atoms with Crippen LogP contribution in [-0.4, -0.2) is 31.7 Å². The Kier molecular flexibility index (Phi) is 4.85. The van der Waals surface area contributed by atoms with Crippen molar-refractivity contribution in [2.24, 2.45) is 5.92 Å². The molecule has 2 N–H and O–H groups in total. The minimum Gasteiger partial charge on any atom is -0.273 e. The van der Waals surface area contributed by atoms with E-state index in [-0.39, 0.29) is 35.7 Å². The van der Waals surface area contributed by atoms with Gasteiger partial charge in [-0.1, -0.05) is 17.2 Å². The Morgan fingerprint density at radius 1 is 1.14 bits per heavy atom. The van der Waals surface area contributed by atoms with Gasteiger partial charge in [0, 0.05) is 12.0 Å². The van der Waals surface area contributed by atoms with Crippen LogP contribution >= 0.6 is 0 Å². The van der Waals surface area contributed by atoms with E-state index in [1.54, 1.807) is 12.1 Å². The molecule has 1 aliphatic heterocycles. The van der Waals surface area contributed by atoms with E-state index in [1.165, 1.54) is 0 Å². The largest absolute Gasteiger partial charge is 0.273 e. The second kappa shape index (κ2) is 6.48. The van der Waals surface area contributed by atoms with E-state index < -0.39 is 9.84 Å². The highest BCUT2D eigenvalue weighted by Gasteiger charge is 2.29. The zero-order valence-corrected chi connectivity index (χ0v) is 13.5. The number of carbonyl (C=O) groups is 2. The Bertz CT molecular complexity index is 677. The van der Waals surface area contributed by atoms with Crippen molar-refractivity contribution in [1.29, 1.82) is 0 Å². The molecule has 2 rings (SSSR count). The Morgan fingerprint density at radius 2 is 1.77 bits per heavy atom. The van der Waals surface area contributed by atoms with Gasteiger partial charge in [-0.15, -0.1) is 0 Å². The molecule has 0 aromatic heterocycles. The van der Waals surface area contributed by atoms with E-state index in [9.17, 15) is 18.0 Å². The molecule has 2 amide bonds. The van der Waals surface area contributed by atoms with Gasteiger partial charge in [0.25, 0.3) is 5.91 Å². The van der Waals surface area contributed by atoms with Crippen LogP contribution in [0.2, 0.25) is 0 Å². The Balaban J connectivity index is 1.84. The fraction of sp³-hybridized carbons (Fsp3) is 0.467. The Labute approximate surface area is 130 Å². The summed E-state index contributed by atoms with van der Waals surface area (Å²) < 4.78 is 22.7. The summed E-state index contributed by atoms with van der Waals surface area (Å²) in [6.45, 7) is 3.78. The van der Waals surface area contributed by atoms with E-state index in [0.717, 1.165) is 11.1 Å². The third kappa shape index (κ3) is 4.56. The number of rotatable bonds is 3. The lowest BCUT2D eigenvalue weighted by Crippen LogP contribution is -2.42. The maximum Gasteiger partial charge on any atom is 0.269 e. The smallest absolute Gasteiger partial charge is 0.269 e. The van der Waals surface area contributed by atoms with Crippen LogP contribution in [0.5, 0.6) is 0 Å². The molecule has 7 heteroatoms. The first-order chi connectivity index (χ1) is 10.2. The number of hydrogen-bond donors (Lipinski definition) is 2. The molecule has 0 spiro atoms. The van der Waals surface area contributed by atoms with Gasteiger partial charge in [-0.05, 0) is 38.3 Å². The highest BCUT2D eigenvalue weighted by atomic mass is 32.2. The van der Waals surface area contributed by atoms with Crippen molar-refractivity contribution in [1.82, 2.24) is 10.9 Å². The molecule has 1 unspecified atom stereocenters. The van der Waals surface area contributed by atoms with Crippen LogP contribution in [0.15, 0.2) is 18.2 Å². The van der Waals surface area contributed by atoms with Gasteiger partial charge in [0.2, 0.25) is 5.91 Å². The molecule has 1 heterocycles. The zero-order chi connectivity index (χ0) is 16.3. The number of carbonyl (C=O) groups excluding carboxylic acids is 2. The quantitative estimate of drug-likeness (QED) is 0.808. The summed E-state index contributed by atoms with van der Waals surface area (Å²) in [6.07, 6.45) is 0.604. The van der Waals surface area contributed by atoms with Gasteiger partial charge in [-0.3, -0.25) is 20.4 Å². The van der Waals surface area contributed by atoms with Crippen molar-refractivity contribution in [2.45, 2.75) is 26.7 Å². The van der Waals surface area contributed by atoms with E-state index in [2.05, 4.69) is 10.9 Å². The minimum atomic E-state index is -2.99. The highest BCUT2D eigenvalue weighted by Crippen LogP contribution is 2.21. The van der Waals surface area contributed by atoms with Crippen molar-refractivity contribution in [3.8, 4) is 0 Å². The number of aryl methyl sites for hydroxylation is 2. The van der Waals surface area contributed by atoms with Crippen LogP contribution in [0, 0.1) is 19.8 Å². The first-order valence-electron chi connectivity index (χ1n) is 7.13. The van der Waals surface area contributed by atoms with Crippen LogP contribution in [-0.2, 0) is 14.6 Å². The summed E-state index contributed by atoms with van der Waals surface area (Å²) in [5.41, 5.74) is 7.10. The monoisotopic (exact) mass is 324 g/mol. The number of hydrazine groups is 1. The maximum atomic E-state index is 12.0. The van der Waals surface area contributed by atoms with Crippen molar-refractivity contribution >= 4 is 21.7 Å². The van der Waals surface area contributed by atoms with Gasteiger partial charge >= 0.3 is 0 Å². The molecule has 22 heavy (non-hydrogen) atoms. The second-order valence-corrected chi connectivity index (χ2v) is 8.08. The molecule has 1 aromatic rings. The van der Waals surface area contributed by atoms with Gasteiger partial charge < -0.3 is 0 Å². The average Bonchev–Trinajstić information content (AvgIpc) is 2.74. The Morgan fingerprint density at radius 3 is 2.32 bits per heavy atom. The molecule has 0 aliphatic carbocycles. The third-order valence-corrected chi connectivity index (χ3v) is 5.44. The second-order valence-electron chi connectivity index (χ2n) is 5.85. The summed E-state index contributed by atoms with van der Waals surface area (Å²) in [6, 6.07) is 5.42. The number of amides is 2. The SMILES string of the molecule is Cc1cc(C)cc(C(=O)NNC(=O)CC2CCS(=O)(=O)C2)c1. The first kappa shape index (κ1) is 16.5. The van der Waals surface area contributed by atoms with Gasteiger partial charge in [0.1, 0.15) is 0 Å². The number of nitrogens with one attached hydrogen (secondary N) is 2. The summed E-state index contributed by atoms with van der Waals surface area (Å²) in [5.74, 6) is -0.743. The van der Waals surface area contributed by atoms with E-state index >= 15 is 0 Å². The van der Waals surface area contributed by atoms with Crippen molar-refractivity contribution in [2.75, 3.05) is 11.5 Å². The molecule has 1 aliphatic rings. The van der Waals surface area contributed by atoms with Gasteiger partial charge in [0.15, 0.2) is 9.84 Å². The normalized spacial score (nSPS) is 19.6. The van der Waals surface area contributed by atoms with Crippen LogP contribution < -0.4 is 10.9 Å². The molecule has 6 nitrogen and oxygen atoms in total. The summed E-state index contributed by atoms with van der Waals surface area (Å²) in [7, 11) is -2.99. The molecule has 0 bridgehead atoms. The number of sulfone groups is 1. The zero-order valence-electron chi connectivity index (χ0n) is 12.7. The van der Waals surface area contributed by atoms with Crippen molar-refractivity contribution in [3.63, 3.8) is 0 Å². The molecule has 1 fully saturated rings. The van der Waals surface area contributed by atoms with Crippen LogP contribution in [0.4, 0.5) is 0 Å². The number of benzene rings is 1. The van der Waals surface area contributed by atoms with Crippen LogP contribution in [0.3, 0.4) is 0 Å². The highest BCUT2D eigenvalue weighted by molar-refractivity contribution is 7.91. The number of hydrogen-bond acceptors (Lipinski definition) is 4. The molecule has 1 saturated heterocycles. The van der Waals surface area contributed by atoms with Crippen LogP contribution in [0.25, 0.3) is 0 Å². The molecule has 1 aromatic carbocycles. The minimum absolute atomic E-state index is 0.0471. The lowest BCUT2D eigenvalue weighted by Gasteiger charge is -2.10. The molecular formula is C15H20N2O4S. The lowest BCUT2D eigenvalue weighted by atomic mass is 10.1. The molecular weight excluding hydrogens is 304 g/mol. The van der Waals surface area contributed by atoms with Gasteiger partial charge in [-0.25, -0.2) is 8.42 Å². The molecule has 0 radical (unpaired) electrons. The standard InChI is InChI=1S/C15H20N2O4S/c1-10-5-11(2)7-13(6-10)15(19)17-16-14(18)8-12-3-4-22(20,21)9-12/h5-7,12H,3-4,8-9H2,1-2H3,(H,16,18)(H,17,19). The molecule has 120 valence electrons. The topological polar surface area (TPSA) is 92.3 Å². The summed E-state index contributed by atoms with van der Waals surface area (Å²) in [4.78, 5) is 23.7. The maximum absolute atomic E-state index is 12.0. The summed E-state index contributed by atoms with van der Waals surface area (Å²) >= 11 is 0. The van der Waals surface area contributed by atoms with Crippen molar-refractivity contribution < 1.29 is 18.0 Å². The van der Waals surface area contributed by atoms with E-state index in [0.29, 0.717) is 12.0 Å². The predicted molar refractivity (Wildman–Crippen MR) is 82.9 cm³/mol. The van der Waals surface area contributed by atoms with Gasteiger partial charge in [0.05, 0.1) is 11.5 Å². The summed E-state index contributed by atoms with van der Waals surface area (Å²) in [5, 5.41) is 0.